The van der Waals surface area contributed by atoms with E-state index < -0.39 is 17.2 Å². The van der Waals surface area contributed by atoms with E-state index in [0.29, 0.717) is 13.0 Å². The van der Waals surface area contributed by atoms with Crippen LogP contribution in [0.1, 0.15) is 15.9 Å². The predicted molar refractivity (Wildman–Crippen MR) is 91.6 cm³/mol. The topological polar surface area (TPSA) is 51.1 Å². The fourth-order valence-electron chi connectivity index (χ4n) is 2.75. The van der Waals surface area contributed by atoms with Gasteiger partial charge in [-0.15, -0.1) is 0 Å². The number of carbonyl (C=O) groups excluding carboxylic acids is 1. The fraction of sp³-hybridized carbons (Fsp3) is 0.158. The van der Waals surface area contributed by atoms with E-state index in [1.165, 1.54) is 41.1 Å². The van der Waals surface area contributed by atoms with Crippen molar-refractivity contribution in [3.63, 3.8) is 0 Å². The summed E-state index contributed by atoms with van der Waals surface area (Å²) in [6, 6.07) is 10.2. The van der Waals surface area contributed by atoms with E-state index in [2.05, 4.69) is 5.32 Å². The zero-order valence-electron chi connectivity index (χ0n) is 13.6. The summed E-state index contributed by atoms with van der Waals surface area (Å²) in [5, 5.41) is 2.83. The Kier molecular flexibility index (Phi) is 4.61. The van der Waals surface area contributed by atoms with E-state index in [0.717, 1.165) is 5.56 Å². The molecule has 3 aromatic rings. The highest BCUT2D eigenvalue weighted by Gasteiger charge is 2.15. The standard InChI is InChI=1S/C19H16F2N2O2/c1-23-11-15(18(24)14-3-2-4-16(21)17(14)23)19(25)22-10-9-12-5-7-13(20)8-6-12/h2-8,11H,9-10H2,1H3,(H,22,25). The highest BCUT2D eigenvalue weighted by molar-refractivity contribution is 5.97. The Morgan fingerprint density at radius 2 is 1.84 bits per heavy atom. The number of amides is 1. The number of nitrogens with zero attached hydrogens (tertiary/aromatic N) is 1. The zero-order valence-corrected chi connectivity index (χ0v) is 13.6. The largest absolute Gasteiger partial charge is 0.352 e. The Bertz CT molecular complexity index is 995. The van der Waals surface area contributed by atoms with Crippen molar-refractivity contribution >= 4 is 16.8 Å². The number of nitrogens with one attached hydrogen (secondary N) is 1. The number of aromatic nitrogens is 1. The Labute approximate surface area is 142 Å². The monoisotopic (exact) mass is 342 g/mol. The third kappa shape index (κ3) is 3.42. The van der Waals surface area contributed by atoms with E-state index in [1.54, 1.807) is 19.2 Å². The first-order valence-corrected chi connectivity index (χ1v) is 7.78. The van der Waals surface area contributed by atoms with Gasteiger partial charge >= 0.3 is 0 Å². The van der Waals surface area contributed by atoms with Gasteiger partial charge in [-0.1, -0.05) is 18.2 Å². The molecule has 0 radical (unpaired) electrons. The number of benzene rings is 2. The number of rotatable bonds is 4. The number of hydrogen-bond acceptors (Lipinski definition) is 2. The van der Waals surface area contributed by atoms with Crippen LogP contribution in [-0.4, -0.2) is 17.0 Å². The first-order chi connectivity index (χ1) is 12.0. The molecule has 1 amide bonds. The summed E-state index contributed by atoms with van der Waals surface area (Å²) in [4.78, 5) is 24.8. The summed E-state index contributed by atoms with van der Waals surface area (Å²) in [5.74, 6) is -1.35. The quantitative estimate of drug-likeness (QED) is 0.793. The van der Waals surface area contributed by atoms with Crippen LogP contribution in [0, 0.1) is 11.6 Å². The van der Waals surface area contributed by atoms with Gasteiger partial charge in [-0.25, -0.2) is 8.78 Å². The molecule has 2 aromatic carbocycles. The second kappa shape index (κ2) is 6.84. The molecule has 0 aliphatic carbocycles. The van der Waals surface area contributed by atoms with Gasteiger partial charge in [0.25, 0.3) is 5.91 Å². The van der Waals surface area contributed by atoms with Gasteiger partial charge in [0.05, 0.1) is 5.52 Å². The fourth-order valence-corrected chi connectivity index (χ4v) is 2.75. The lowest BCUT2D eigenvalue weighted by atomic mass is 10.1. The van der Waals surface area contributed by atoms with Gasteiger partial charge in [0, 0.05) is 25.2 Å². The number of aryl methyl sites for hydroxylation is 1. The molecule has 0 aliphatic heterocycles. The summed E-state index contributed by atoms with van der Waals surface area (Å²) in [6.45, 7) is 0.300. The first-order valence-electron chi connectivity index (χ1n) is 7.78. The average Bonchev–Trinajstić information content (AvgIpc) is 2.59. The molecule has 6 heteroatoms. The summed E-state index contributed by atoms with van der Waals surface area (Å²) in [6.07, 6.45) is 1.84. The minimum Gasteiger partial charge on any atom is -0.352 e. The third-order valence-electron chi connectivity index (χ3n) is 4.01. The van der Waals surface area contributed by atoms with Gasteiger partial charge in [-0.05, 0) is 36.2 Å². The summed E-state index contributed by atoms with van der Waals surface area (Å²) >= 11 is 0. The molecule has 3 rings (SSSR count). The second-order valence-corrected chi connectivity index (χ2v) is 5.75. The Hall–Kier alpha value is -3.02. The maximum absolute atomic E-state index is 13.9. The van der Waals surface area contributed by atoms with Crippen molar-refractivity contribution < 1.29 is 13.6 Å². The van der Waals surface area contributed by atoms with E-state index in [1.807, 2.05) is 0 Å². The summed E-state index contributed by atoms with van der Waals surface area (Å²) < 4.78 is 28.2. The molecule has 0 fully saturated rings. The SMILES string of the molecule is Cn1cc(C(=O)NCCc2ccc(F)cc2)c(=O)c2cccc(F)c21. The summed E-state index contributed by atoms with van der Waals surface area (Å²) in [7, 11) is 1.58. The van der Waals surface area contributed by atoms with Crippen LogP contribution >= 0.6 is 0 Å². The Morgan fingerprint density at radius 1 is 1.12 bits per heavy atom. The van der Waals surface area contributed by atoms with Crippen molar-refractivity contribution in [3.05, 3.63) is 81.6 Å². The minimum atomic E-state index is -0.520. The number of halogens is 2. The minimum absolute atomic E-state index is 0.0419. The molecule has 25 heavy (non-hydrogen) atoms. The molecule has 0 aliphatic rings. The molecule has 0 saturated heterocycles. The predicted octanol–water partition coefficient (Wildman–Crippen LogP) is 2.79. The average molecular weight is 342 g/mol. The van der Waals surface area contributed by atoms with Crippen LogP contribution < -0.4 is 10.7 Å². The van der Waals surface area contributed by atoms with E-state index >= 15 is 0 Å². The van der Waals surface area contributed by atoms with Crippen LogP contribution in [-0.2, 0) is 13.5 Å². The maximum Gasteiger partial charge on any atom is 0.256 e. The van der Waals surface area contributed by atoms with Gasteiger partial charge in [-0.3, -0.25) is 9.59 Å². The van der Waals surface area contributed by atoms with E-state index in [-0.39, 0.29) is 22.3 Å². The van der Waals surface area contributed by atoms with Crippen molar-refractivity contribution in [2.24, 2.45) is 7.05 Å². The zero-order chi connectivity index (χ0) is 18.0. The van der Waals surface area contributed by atoms with Crippen LogP contribution in [0.25, 0.3) is 10.9 Å². The van der Waals surface area contributed by atoms with Crippen molar-refractivity contribution in [1.82, 2.24) is 9.88 Å². The second-order valence-electron chi connectivity index (χ2n) is 5.75. The van der Waals surface area contributed by atoms with Gasteiger partial charge in [0.2, 0.25) is 5.43 Å². The molecule has 128 valence electrons. The maximum atomic E-state index is 13.9. The van der Waals surface area contributed by atoms with Gasteiger partial charge in [0.15, 0.2) is 0 Å². The number of para-hydroxylation sites is 1. The highest BCUT2D eigenvalue weighted by atomic mass is 19.1. The molecular weight excluding hydrogens is 326 g/mol. The van der Waals surface area contributed by atoms with Crippen molar-refractivity contribution in [2.75, 3.05) is 6.54 Å². The number of carbonyl (C=O) groups is 1. The molecule has 1 heterocycles. The smallest absolute Gasteiger partial charge is 0.256 e. The molecule has 0 atom stereocenters. The lowest BCUT2D eigenvalue weighted by Crippen LogP contribution is -2.31. The van der Waals surface area contributed by atoms with E-state index in [9.17, 15) is 18.4 Å². The number of hydrogen-bond donors (Lipinski definition) is 1. The van der Waals surface area contributed by atoms with Crippen molar-refractivity contribution in [2.45, 2.75) is 6.42 Å². The van der Waals surface area contributed by atoms with Gasteiger partial charge in [0.1, 0.15) is 17.2 Å². The Morgan fingerprint density at radius 3 is 2.56 bits per heavy atom. The third-order valence-corrected chi connectivity index (χ3v) is 4.01. The first kappa shape index (κ1) is 16.8. The number of fused-ring (bicyclic) bond motifs is 1. The van der Waals surface area contributed by atoms with Crippen molar-refractivity contribution in [1.29, 1.82) is 0 Å². The molecule has 0 spiro atoms. The Balaban J connectivity index is 1.79. The molecule has 1 aromatic heterocycles. The molecular formula is C19H16F2N2O2. The van der Waals surface area contributed by atoms with Crippen LogP contribution in [0.2, 0.25) is 0 Å². The molecule has 4 nitrogen and oxygen atoms in total. The van der Waals surface area contributed by atoms with Crippen LogP contribution in [0.15, 0.2) is 53.5 Å². The van der Waals surface area contributed by atoms with Crippen LogP contribution in [0.5, 0.6) is 0 Å². The van der Waals surface area contributed by atoms with Crippen molar-refractivity contribution in [3.8, 4) is 0 Å². The molecule has 0 saturated carbocycles. The van der Waals surface area contributed by atoms with Crippen LogP contribution in [0.3, 0.4) is 0 Å². The normalized spacial score (nSPS) is 10.8. The highest BCUT2D eigenvalue weighted by Crippen LogP contribution is 2.14. The lowest BCUT2D eigenvalue weighted by Gasteiger charge is -2.10. The molecule has 0 bridgehead atoms. The molecule has 1 N–H and O–H groups in total. The lowest BCUT2D eigenvalue weighted by molar-refractivity contribution is 0.0952. The summed E-state index contributed by atoms with van der Waals surface area (Å²) in [5.41, 5.74) is 0.483. The van der Waals surface area contributed by atoms with Gasteiger partial charge < -0.3 is 9.88 Å². The van der Waals surface area contributed by atoms with Gasteiger partial charge in [-0.2, -0.15) is 0 Å². The molecule has 0 unspecified atom stereocenters. The van der Waals surface area contributed by atoms with Crippen LogP contribution in [0.4, 0.5) is 8.78 Å². The number of pyridine rings is 1. The van der Waals surface area contributed by atoms with E-state index in [4.69, 9.17) is 0 Å².